The molecule has 0 radical (unpaired) electrons. The number of nitrogens with one attached hydrogen (secondary N) is 1. The smallest absolute Gasteiger partial charge is 0.137 e. The Morgan fingerprint density at radius 2 is 2.05 bits per heavy atom. The maximum atomic E-state index is 13.9. The van der Waals surface area contributed by atoms with Crippen molar-refractivity contribution in [3.8, 4) is 0 Å². The van der Waals surface area contributed by atoms with E-state index in [1.54, 1.807) is 6.07 Å². The lowest BCUT2D eigenvalue weighted by Crippen LogP contribution is -2.45. The van der Waals surface area contributed by atoms with Crippen LogP contribution in [-0.4, -0.2) is 31.1 Å². The number of nitrogens with zero attached hydrogens (tertiary/aromatic N) is 1. The highest BCUT2D eigenvalue weighted by atomic mass is 79.9. The summed E-state index contributed by atoms with van der Waals surface area (Å²) in [5, 5.41) is 3.38. The maximum absolute atomic E-state index is 13.9. The fourth-order valence-corrected chi connectivity index (χ4v) is 3.15. The van der Waals surface area contributed by atoms with Crippen LogP contribution in [0.4, 0.5) is 4.39 Å². The number of halogens is 3. The predicted octanol–water partition coefficient (Wildman–Crippen LogP) is 4.70. The quantitative estimate of drug-likeness (QED) is 0.535. The molecule has 1 heterocycles. The zero-order valence-corrected chi connectivity index (χ0v) is 15.3. The first-order chi connectivity index (χ1) is 10.2. The summed E-state index contributed by atoms with van der Waals surface area (Å²) < 4.78 is 14.4. The summed E-state index contributed by atoms with van der Waals surface area (Å²) in [5.74, 6) is -0.168. The molecule has 1 fully saturated rings. The van der Waals surface area contributed by atoms with Crippen LogP contribution in [-0.2, 0) is 0 Å². The second-order valence-corrected chi connectivity index (χ2v) is 6.40. The number of benzene rings is 1. The normalized spacial score (nSPS) is 16.8. The van der Waals surface area contributed by atoms with E-state index < -0.39 is 0 Å². The first-order valence-corrected chi connectivity index (χ1v) is 8.52. The Morgan fingerprint density at radius 3 is 2.68 bits per heavy atom. The Morgan fingerprint density at radius 1 is 1.32 bits per heavy atom. The van der Waals surface area contributed by atoms with Crippen LogP contribution in [0.1, 0.15) is 37.3 Å². The molecule has 0 unspecified atom stereocenters. The van der Waals surface area contributed by atoms with Crippen molar-refractivity contribution < 1.29 is 4.39 Å². The van der Waals surface area contributed by atoms with Gasteiger partial charge in [-0.05, 0) is 52.9 Å². The van der Waals surface area contributed by atoms with Crippen molar-refractivity contribution in [3.05, 3.63) is 46.7 Å². The van der Waals surface area contributed by atoms with E-state index in [0.29, 0.717) is 10.5 Å². The summed E-state index contributed by atoms with van der Waals surface area (Å²) in [4.78, 5) is 2.48. The van der Waals surface area contributed by atoms with Gasteiger partial charge in [0, 0.05) is 32.2 Å². The van der Waals surface area contributed by atoms with E-state index in [1.165, 1.54) is 0 Å². The molecule has 1 aromatic rings. The predicted molar refractivity (Wildman–Crippen MR) is 97.2 cm³/mol. The van der Waals surface area contributed by atoms with Crippen molar-refractivity contribution in [1.29, 1.82) is 0 Å². The topological polar surface area (TPSA) is 15.3 Å². The van der Waals surface area contributed by atoms with Gasteiger partial charge in [-0.15, -0.1) is 19.0 Å². The fourth-order valence-electron chi connectivity index (χ4n) is 2.90. The number of rotatable bonds is 7. The first-order valence-electron chi connectivity index (χ1n) is 7.73. The van der Waals surface area contributed by atoms with Gasteiger partial charge in [-0.25, -0.2) is 4.39 Å². The molecular formula is C17H25BrClFN2. The zero-order valence-electron chi connectivity index (χ0n) is 12.9. The third-order valence-electron chi connectivity index (χ3n) is 4.06. The molecule has 1 aromatic carbocycles. The van der Waals surface area contributed by atoms with Crippen molar-refractivity contribution in [3.63, 3.8) is 0 Å². The van der Waals surface area contributed by atoms with Crippen LogP contribution >= 0.6 is 28.3 Å². The Bertz CT molecular complexity index is 464. The van der Waals surface area contributed by atoms with E-state index in [4.69, 9.17) is 0 Å². The fraction of sp³-hybridized carbons (Fsp3) is 0.529. The third kappa shape index (κ3) is 5.65. The highest BCUT2D eigenvalue weighted by molar-refractivity contribution is 9.10. The van der Waals surface area contributed by atoms with Gasteiger partial charge in [0.2, 0.25) is 0 Å². The van der Waals surface area contributed by atoms with E-state index in [-0.39, 0.29) is 18.2 Å². The average molecular weight is 392 g/mol. The van der Waals surface area contributed by atoms with Crippen LogP contribution in [0.3, 0.4) is 0 Å². The highest BCUT2D eigenvalue weighted by Crippen LogP contribution is 2.29. The molecule has 1 N–H and O–H groups in total. The van der Waals surface area contributed by atoms with Gasteiger partial charge in [-0.1, -0.05) is 18.6 Å². The first kappa shape index (κ1) is 19.6. The Labute approximate surface area is 147 Å². The van der Waals surface area contributed by atoms with Gasteiger partial charge < -0.3 is 5.32 Å². The van der Waals surface area contributed by atoms with E-state index >= 15 is 0 Å². The van der Waals surface area contributed by atoms with Crippen LogP contribution in [0.15, 0.2) is 35.3 Å². The van der Waals surface area contributed by atoms with Crippen molar-refractivity contribution in [2.45, 2.75) is 31.7 Å². The molecule has 2 rings (SSSR count). The lowest BCUT2D eigenvalue weighted by molar-refractivity contribution is 0.162. The zero-order chi connectivity index (χ0) is 15.1. The van der Waals surface area contributed by atoms with Crippen LogP contribution in [0.25, 0.3) is 0 Å². The minimum Gasteiger partial charge on any atom is -0.314 e. The second kappa shape index (κ2) is 10.4. The Hall–Kier alpha value is -0.420. The van der Waals surface area contributed by atoms with Gasteiger partial charge in [0.05, 0.1) is 4.47 Å². The number of piperazine rings is 1. The van der Waals surface area contributed by atoms with Crippen molar-refractivity contribution in [2.75, 3.05) is 26.2 Å². The van der Waals surface area contributed by atoms with Gasteiger partial charge in [0.25, 0.3) is 0 Å². The molecule has 2 nitrogen and oxygen atoms in total. The minimum atomic E-state index is -0.168. The molecule has 0 amide bonds. The second-order valence-electron chi connectivity index (χ2n) is 5.55. The molecular weight excluding hydrogens is 367 g/mol. The number of allylic oxidation sites excluding steroid dienone is 1. The third-order valence-corrected chi connectivity index (χ3v) is 4.70. The van der Waals surface area contributed by atoms with Crippen molar-refractivity contribution in [1.82, 2.24) is 10.2 Å². The number of hydrogen-bond acceptors (Lipinski definition) is 2. The van der Waals surface area contributed by atoms with Gasteiger partial charge in [0.15, 0.2) is 0 Å². The van der Waals surface area contributed by atoms with Crippen LogP contribution in [0.2, 0.25) is 0 Å². The minimum absolute atomic E-state index is 0. The van der Waals surface area contributed by atoms with Crippen molar-refractivity contribution in [2.24, 2.45) is 0 Å². The van der Waals surface area contributed by atoms with E-state index in [2.05, 4.69) is 32.7 Å². The number of unbranched alkanes of at least 4 members (excludes halogenated alkanes) is 2. The maximum Gasteiger partial charge on any atom is 0.137 e. The molecule has 0 saturated carbocycles. The van der Waals surface area contributed by atoms with Gasteiger partial charge in [0.1, 0.15) is 5.82 Å². The SMILES string of the molecule is C=CCCCC[C@H](c1ccc(Br)c(F)c1)N1CCNCC1.Cl. The van der Waals surface area contributed by atoms with E-state index in [9.17, 15) is 4.39 Å². The van der Waals surface area contributed by atoms with Crippen LogP contribution in [0, 0.1) is 5.82 Å². The molecule has 1 aliphatic rings. The molecule has 5 heteroatoms. The average Bonchev–Trinajstić information content (AvgIpc) is 2.51. The summed E-state index contributed by atoms with van der Waals surface area (Å²) in [6.07, 6.45) is 6.42. The summed E-state index contributed by atoms with van der Waals surface area (Å²) in [6, 6.07) is 5.88. The molecule has 1 aliphatic heterocycles. The number of hydrogen-bond donors (Lipinski definition) is 1. The van der Waals surface area contributed by atoms with Crippen molar-refractivity contribution >= 4 is 28.3 Å². The van der Waals surface area contributed by atoms with Crippen LogP contribution < -0.4 is 5.32 Å². The molecule has 0 aliphatic carbocycles. The summed E-state index contributed by atoms with van der Waals surface area (Å²) in [6.45, 7) is 7.87. The highest BCUT2D eigenvalue weighted by Gasteiger charge is 2.22. The van der Waals surface area contributed by atoms with Gasteiger partial charge >= 0.3 is 0 Å². The molecule has 0 aromatic heterocycles. The lowest BCUT2D eigenvalue weighted by atomic mass is 9.98. The van der Waals surface area contributed by atoms with Gasteiger partial charge in [-0.3, -0.25) is 4.90 Å². The molecule has 0 bridgehead atoms. The standard InChI is InChI=1S/C17H24BrFN2.ClH/c1-2-3-4-5-6-17(21-11-9-20-10-12-21)14-7-8-15(18)16(19)13-14;/h2,7-8,13,17,20H,1,3-6,9-12H2;1H/t17-;/m1./s1. The Kier molecular flexibility index (Phi) is 9.25. The Balaban J connectivity index is 0.00000242. The molecule has 1 atom stereocenters. The molecule has 0 spiro atoms. The summed E-state index contributed by atoms with van der Waals surface area (Å²) in [7, 11) is 0. The summed E-state index contributed by atoms with van der Waals surface area (Å²) >= 11 is 3.24. The monoisotopic (exact) mass is 390 g/mol. The van der Waals surface area contributed by atoms with E-state index in [0.717, 1.165) is 57.4 Å². The molecule has 1 saturated heterocycles. The molecule has 22 heavy (non-hydrogen) atoms. The largest absolute Gasteiger partial charge is 0.314 e. The van der Waals surface area contributed by atoms with E-state index in [1.807, 2.05) is 18.2 Å². The van der Waals surface area contributed by atoms with Crippen LogP contribution in [0.5, 0.6) is 0 Å². The van der Waals surface area contributed by atoms with Gasteiger partial charge in [-0.2, -0.15) is 0 Å². The lowest BCUT2D eigenvalue weighted by Gasteiger charge is -2.35. The summed E-state index contributed by atoms with van der Waals surface area (Å²) in [5.41, 5.74) is 1.09. The molecule has 124 valence electrons.